The summed E-state index contributed by atoms with van der Waals surface area (Å²) in [5, 5.41) is 33.2. The molecule has 0 aliphatic heterocycles. The van der Waals surface area contributed by atoms with Crippen molar-refractivity contribution in [3.8, 4) is 0 Å². The summed E-state index contributed by atoms with van der Waals surface area (Å²) < 4.78 is 0. The Balaban J connectivity index is 3.68. The molecule has 0 aromatic heterocycles. The van der Waals surface area contributed by atoms with E-state index in [-0.39, 0.29) is 6.61 Å². The molecule has 0 fully saturated rings. The van der Waals surface area contributed by atoms with Crippen molar-refractivity contribution in [1.29, 1.82) is 0 Å². The SMILES string of the molecule is CCCCCCCCCCCCC/C=C/CC/C=C/CC/C=C/C(O)C(CO)NC(=O)C(O)CCCCCCCCCCCCCCCCCCCCCCC. The van der Waals surface area contributed by atoms with Crippen LogP contribution >= 0.6 is 0 Å². The molecule has 3 atom stereocenters. The number of aliphatic hydroxyl groups excluding tert-OH is 3. The van der Waals surface area contributed by atoms with Gasteiger partial charge in [-0.15, -0.1) is 0 Å². The van der Waals surface area contributed by atoms with Crippen LogP contribution in [0, 0.1) is 0 Å². The van der Waals surface area contributed by atoms with Crippen molar-refractivity contribution in [2.24, 2.45) is 0 Å². The fourth-order valence-corrected chi connectivity index (χ4v) is 7.57. The van der Waals surface area contributed by atoms with E-state index in [1.165, 1.54) is 193 Å². The number of unbranched alkanes of at least 4 members (excludes halogenated alkanes) is 33. The normalized spacial score (nSPS) is 13.7. The van der Waals surface area contributed by atoms with Gasteiger partial charge < -0.3 is 20.6 Å². The third kappa shape index (κ3) is 40.8. The lowest BCUT2D eigenvalue weighted by Crippen LogP contribution is -2.48. The van der Waals surface area contributed by atoms with Crippen molar-refractivity contribution in [3.63, 3.8) is 0 Å². The molecule has 0 aliphatic carbocycles. The van der Waals surface area contributed by atoms with Gasteiger partial charge in [-0.1, -0.05) is 249 Å². The fourth-order valence-electron chi connectivity index (χ4n) is 7.57. The second-order valence-electron chi connectivity index (χ2n) is 17.0. The molecule has 330 valence electrons. The second kappa shape index (κ2) is 46.3. The number of aliphatic hydroxyl groups is 3. The summed E-state index contributed by atoms with van der Waals surface area (Å²) in [7, 11) is 0. The van der Waals surface area contributed by atoms with Gasteiger partial charge in [-0.2, -0.15) is 0 Å². The first-order valence-electron chi connectivity index (χ1n) is 24.8. The summed E-state index contributed by atoms with van der Waals surface area (Å²) >= 11 is 0. The molecule has 5 nitrogen and oxygen atoms in total. The number of carbonyl (C=O) groups is 1. The average Bonchev–Trinajstić information content (AvgIpc) is 3.20. The van der Waals surface area contributed by atoms with Gasteiger partial charge in [0.1, 0.15) is 6.10 Å². The van der Waals surface area contributed by atoms with Gasteiger partial charge in [0, 0.05) is 0 Å². The van der Waals surface area contributed by atoms with E-state index in [9.17, 15) is 20.1 Å². The Kier molecular flexibility index (Phi) is 45.1. The largest absolute Gasteiger partial charge is 0.394 e. The van der Waals surface area contributed by atoms with Gasteiger partial charge in [0.2, 0.25) is 5.91 Å². The van der Waals surface area contributed by atoms with E-state index in [0.717, 1.165) is 44.9 Å². The molecule has 0 rings (SSSR count). The van der Waals surface area contributed by atoms with Crippen LogP contribution in [0.15, 0.2) is 36.5 Å². The first-order valence-corrected chi connectivity index (χ1v) is 24.8. The summed E-state index contributed by atoms with van der Waals surface area (Å²) in [6.45, 7) is 4.19. The van der Waals surface area contributed by atoms with Crippen molar-refractivity contribution in [3.05, 3.63) is 36.5 Å². The molecule has 4 N–H and O–H groups in total. The van der Waals surface area contributed by atoms with Crippen LogP contribution < -0.4 is 5.32 Å². The van der Waals surface area contributed by atoms with E-state index in [1.54, 1.807) is 6.08 Å². The smallest absolute Gasteiger partial charge is 0.249 e. The highest BCUT2D eigenvalue weighted by molar-refractivity contribution is 5.80. The summed E-state index contributed by atoms with van der Waals surface area (Å²) in [6, 6.07) is -0.819. The van der Waals surface area contributed by atoms with Gasteiger partial charge in [0.15, 0.2) is 0 Å². The predicted molar refractivity (Wildman–Crippen MR) is 245 cm³/mol. The Morgan fingerprint density at radius 3 is 1.09 bits per heavy atom. The van der Waals surface area contributed by atoms with Gasteiger partial charge >= 0.3 is 0 Å². The topological polar surface area (TPSA) is 89.8 Å². The van der Waals surface area contributed by atoms with Crippen molar-refractivity contribution in [2.45, 2.75) is 276 Å². The molecule has 0 spiro atoms. The number of amides is 1. The van der Waals surface area contributed by atoms with E-state index in [1.807, 2.05) is 6.08 Å². The summed E-state index contributed by atoms with van der Waals surface area (Å²) in [5.74, 6) is -0.513. The maximum absolute atomic E-state index is 12.5. The van der Waals surface area contributed by atoms with Gasteiger partial charge in [-0.05, 0) is 44.9 Å². The van der Waals surface area contributed by atoms with Crippen LogP contribution in [0.1, 0.15) is 258 Å². The van der Waals surface area contributed by atoms with Gasteiger partial charge in [0.05, 0.1) is 18.8 Å². The molecule has 56 heavy (non-hydrogen) atoms. The van der Waals surface area contributed by atoms with Crippen LogP contribution in [-0.4, -0.2) is 46.1 Å². The highest BCUT2D eigenvalue weighted by Gasteiger charge is 2.22. The zero-order valence-corrected chi connectivity index (χ0v) is 37.5. The van der Waals surface area contributed by atoms with Gasteiger partial charge in [0.25, 0.3) is 0 Å². The summed E-state index contributed by atoms with van der Waals surface area (Å²) in [6.07, 6.45) is 59.1. The summed E-state index contributed by atoms with van der Waals surface area (Å²) in [4.78, 5) is 12.5. The van der Waals surface area contributed by atoms with Crippen LogP contribution in [0.3, 0.4) is 0 Å². The molecule has 0 bridgehead atoms. The number of hydrogen-bond donors (Lipinski definition) is 4. The zero-order chi connectivity index (χ0) is 40.8. The quantitative estimate of drug-likeness (QED) is 0.0365. The maximum Gasteiger partial charge on any atom is 0.249 e. The molecule has 3 unspecified atom stereocenters. The van der Waals surface area contributed by atoms with E-state index in [0.29, 0.717) is 6.42 Å². The third-order valence-electron chi connectivity index (χ3n) is 11.5. The van der Waals surface area contributed by atoms with E-state index in [4.69, 9.17) is 0 Å². The molecular weight excluding hydrogens is 691 g/mol. The van der Waals surface area contributed by atoms with Crippen LogP contribution in [0.5, 0.6) is 0 Å². The van der Waals surface area contributed by atoms with Crippen molar-refractivity contribution < 1.29 is 20.1 Å². The lowest BCUT2D eigenvalue weighted by Gasteiger charge is -2.21. The number of allylic oxidation sites excluding steroid dienone is 5. The van der Waals surface area contributed by atoms with Gasteiger partial charge in [-0.3, -0.25) is 4.79 Å². The lowest BCUT2D eigenvalue weighted by atomic mass is 10.0. The van der Waals surface area contributed by atoms with Crippen LogP contribution in [0.25, 0.3) is 0 Å². The Morgan fingerprint density at radius 2 is 0.732 bits per heavy atom. The van der Waals surface area contributed by atoms with E-state index >= 15 is 0 Å². The van der Waals surface area contributed by atoms with Crippen LogP contribution in [0.4, 0.5) is 0 Å². The molecule has 0 radical (unpaired) electrons. The predicted octanol–water partition coefficient (Wildman–Crippen LogP) is 14.7. The lowest BCUT2D eigenvalue weighted by molar-refractivity contribution is -0.131. The van der Waals surface area contributed by atoms with Crippen molar-refractivity contribution in [1.82, 2.24) is 5.32 Å². The standard InChI is InChI=1S/C51H97NO4/c1-3-5-7-9-11-13-15-17-19-21-23-25-27-29-31-33-35-37-39-41-43-45-49(54)48(47-53)52-51(56)50(55)46-44-42-40-38-36-34-32-30-28-26-24-22-20-18-16-14-12-10-8-6-4-2/h27,29,35,37,43,45,48-50,53-55H,3-26,28,30-34,36,38-42,44,46-47H2,1-2H3,(H,52,56)/b29-27+,37-35+,45-43+. The zero-order valence-electron chi connectivity index (χ0n) is 37.5. The maximum atomic E-state index is 12.5. The molecule has 5 heteroatoms. The minimum Gasteiger partial charge on any atom is -0.394 e. The van der Waals surface area contributed by atoms with Crippen LogP contribution in [0.2, 0.25) is 0 Å². The molecular formula is C51H97NO4. The summed E-state index contributed by atoms with van der Waals surface area (Å²) in [5.41, 5.74) is 0. The van der Waals surface area contributed by atoms with E-state index < -0.39 is 24.2 Å². The molecule has 1 amide bonds. The monoisotopic (exact) mass is 788 g/mol. The second-order valence-corrected chi connectivity index (χ2v) is 17.0. The molecule has 0 aromatic rings. The number of carbonyl (C=O) groups excluding carboxylic acids is 1. The highest BCUT2D eigenvalue weighted by Crippen LogP contribution is 2.16. The highest BCUT2D eigenvalue weighted by atomic mass is 16.3. The first-order chi connectivity index (χ1) is 27.6. The Bertz CT molecular complexity index is 870. The molecule has 0 aromatic carbocycles. The molecule has 0 aliphatic rings. The Morgan fingerprint density at radius 1 is 0.429 bits per heavy atom. The number of nitrogens with one attached hydrogen (secondary N) is 1. The van der Waals surface area contributed by atoms with Gasteiger partial charge in [-0.25, -0.2) is 0 Å². The van der Waals surface area contributed by atoms with Crippen LogP contribution in [-0.2, 0) is 4.79 Å². The number of rotatable bonds is 45. The molecule has 0 saturated carbocycles. The van der Waals surface area contributed by atoms with Crippen molar-refractivity contribution in [2.75, 3.05) is 6.61 Å². The number of hydrogen-bond acceptors (Lipinski definition) is 4. The minimum absolute atomic E-state index is 0.379. The minimum atomic E-state index is -1.11. The molecule has 0 heterocycles. The Labute approximate surface area is 349 Å². The van der Waals surface area contributed by atoms with E-state index in [2.05, 4.69) is 43.5 Å². The third-order valence-corrected chi connectivity index (χ3v) is 11.5. The molecule has 0 saturated heterocycles. The fraction of sp³-hybridized carbons (Fsp3) is 0.863. The average molecular weight is 788 g/mol. The Hall–Kier alpha value is -1.43. The van der Waals surface area contributed by atoms with Crippen molar-refractivity contribution >= 4 is 5.91 Å². The first kappa shape index (κ1) is 54.6.